The molecule has 0 aliphatic carbocycles. The first-order valence-electron chi connectivity index (χ1n) is 9.94. The summed E-state index contributed by atoms with van der Waals surface area (Å²) in [5, 5.41) is 3.95. The lowest BCUT2D eigenvalue weighted by Gasteiger charge is -2.18. The van der Waals surface area contributed by atoms with Gasteiger partial charge in [-0.05, 0) is 36.6 Å². The molecule has 1 N–H and O–H groups in total. The van der Waals surface area contributed by atoms with Crippen molar-refractivity contribution >= 4 is 28.6 Å². The van der Waals surface area contributed by atoms with Crippen LogP contribution in [-0.2, 0) is 9.53 Å². The summed E-state index contributed by atoms with van der Waals surface area (Å²) in [7, 11) is 1.60. The minimum atomic E-state index is -0.135. The van der Waals surface area contributed by atoms with Crippen LogP contribution in [0.25, 0.3) is 16.6 Å². The monoisotopic (exact) mass is 425 g/mol. The van der Waals surface area contributed by atoms with Gasteiger partial charge in [0, 0.05) is 13.2 Å². The average Bonchev–Trinajstić information content (AvgIpc) is 2.72. The Morgan fingerprint density at radius 3 is 2.57 bits per heavy atom. The van der Waals surface area contributed by atoms with E-state index in [2.05, 4.69) is 19.2 Å². The highest BCUT2D eigenvalue weighted by atomic mass is 32.2. The highest BCUT2D eigenvalue weighted by molar-refractivity contribution is 7.99. The van der Waals surface area contributed by atoms with E-state index in [-0.39, 0.29) is 29.2 Å². The van der Waals surface area contributed by atoms with Gasteiger partial charge < -0.3 is 10.1 Å². The number of thioether (sulfide) groups is 1. The average molecular weight is 426 g/mol. The van der Waals surface area contributed by atoms with Crippen molar-refractivity contribution in [2.24, 2.45) is 0 Å². The van der Waals surface area contributed by atoms with Gasteiger partial charge in [-0.2, -0.15) is 0 Å². The summed E-state index contributed by atoms with van der Waals surface area (Å²) >= 11 is 1.26. The highest BCUT2D eigenvalue weighted by Crippen LogP contribution is 2.27. The van der Waals surface area contributed by atoms with Crippen LogP contribution in [0.5, 0.6) is 0 Å². The number of para-hydroxylation sites is 2. The van der Waals surface area contributed by atoms with Crippen LogP contribution in [0.2, 0.25) is 0 Å². The fourth-order valence-electron chi connectivity index (χ4n) is 3.34. The smallest absolute Gasteiger partial charge is 0.266 e. The highest BCUT2D eigenvalue weighted by Gasteiger charge is 2.18. The fourth-order valence-corrected chi connectivity index (χ4v) is 4.16. The van der Waals surface area contributed by atoms with Crippen LogP contribution in [0, 0.1) is 0 Å². The second-order valence-electron chi connectivity index (χ2n) is 7.48. The summed E-state index contributed by atoms with van der Waals surface area (Å²) in [6.45, 7) is 6.51. The second-order valence-corrected chi connectivity index (χ2v) is 8.42. The van der Waals surface area contributed by atoms with Crippen molar-refractivity contribution in [1.29, 1.82) is 0 Å². The number of amides is 1. The van der Waals surface area contributed by atoms with E-state index < -0.39 is 0 Å². The molecule has 1 amide bonds. The van der Waals surface area contributed by atoms with Gasteiger partial charge in [-0.25, -0.2) is 4.98 Å². The van der Waals surface area contributed by atoms with Gasteiger partial charge in [0.15, 0.2) is 5.16 Å². The lowest BCUT2D eigenvalue weighted by Crippen LogP contribution is -2.36. The first kappa shape index (κ1) is 22.1. The van der Waals surface area contributed by atoms with Crippen molar-refractivity contribution in [2.75, 3.05) is 19.5 Å². The number of nitrogens with zero attached hydrogens (tertiary/aromatic N) is 2. The summed E-state index contributed by atoms with van der Waals surface area (Å²) in [4.78, 5) is 30.5. The predicted octanol–water partition coefficient (Wildman–Crippen LogP) is 3.75. The molecule has 0 aliphatic rings. The largest absolute Gasteiger partial charge is 0.383 e. The summed E-state index contributed by atoms with van der Waals surface area (Å²) < 4.78 is 6.70. The summed E-state index contributed by atoms with van der Waals surface area (Å²) in [5.41, 5.74) is 2.34. The molecular weight excluding hydrogens is 398 g/mol. The van der Waals surface area contributed by atoms with Gasteiger partial charge in [0.1, 0.15) is 0 Å². The number of ether oxygens (including phenoxy) is 1. The van der Waals surface area contributed by atoms with Crippen molar-refractivity contribution in [3.05, 3.63) is 64.4 Å². The second kappa shape index (κ2) is 9.91. The number of nitrogens with one attached hydrogen (secondary N) is 1. The molecule has 158 valence electrons. The maximum absolute atomic E-state index is 13.4. The van der Waals surface area contributed by atoms with Gasteiger partial charge in [0.2, 0.25) is 5.91 Å². The molecule has 0 aliphatic heterocycles. The van der Waals surface area contributed by atoms with Crippen molar-refractivity contribution in [3.63, 3.8) is 0 Å². The standard InChI is InChI=1S/C23H27N3O3S/c1-15(2)17-9-6-8-12-20(17)26-22(28)18-10-5-7-11-19(18)25-23(26)30-14-21(27)24-16(3)13-29-4/h5-12,15-16H,13-14H2,1-4H3,(H,24,27). The Labute approximate surface area is 180 Å². The number of rotatable bonds is 8. The van der Waals surface area contributed by atoms with E-state index in [0.29, 0.717) is 22.7 Å². The Kier molecular flexibility index (Phi) is 7.29. The Morgan fingerprint density at radius 1 is 1.13 bits per heavy atom. The molecule has 0 saturated carbocycles. The van der Waals surface area contributed by atoms with Crippen LogP contribution in [0.15, 0.2) is 58.5 Å². The molecule has 0 saturated heterocycles. The Bertz CT molecular complexity index is 1090. The van der Waals surface area contributed by atoms with Gasteiger partial charge >= 0.3 is 0 Å². The summed E-state index contributed by atoms with van der Waals surface area (Å²) in [5.74, 6) is 0.258. The Morgan fingerprint density at radius 2 is 1.83 bits per heavy atom. The van der Waals surface area contributed by atoms with Gasteiger partial charge in [-0.15, -0.1) is 0 Å². The number of carbonyl (C=O) groups is 1. The molecule has 1 heterocycles. The van der Waals surface area contributed by atoms with E-state index in [9.17, 15) is 9.59 Å². The molecule has 30 heavy (non-hydrogen) atoms. The zero-order valence-corrected chi connectivity index (χ0v) is 18.5. The van der Waals surface area contributed by atoms with Crippen molar-refractivity contribution in [3.8, 4) is 5.69 Å². The number of fused-ring (bicyclic) bond motifs is 1. The third-order valence-electron chi connectivity index (χ3n) is 4.70. The van der Waals surface area contributed by atoms with E-state index >= 15 is 0 Å². The first-order chi connectivity index (χ1) is 14.4. The fraction of sp³-hybridized carbons (Fsp3) is 0.348. The van der Waals surface area contributed by atoms with E-state index in [0.717, 1.165) is 11.3 Å². The summed E-state index contributed by atoms with van der Waals surface area (Å²) in [6, 6.07) is 15.0. The first-order valence-corrected chi connectivity index (χ1v) is 10.9. The maximum Gasteiger partial charge on any atom is 0.266 e. The van der Waals surface area contributed by atoms with Gasteiger partial charge in [0.05, 0.1) is 29.0 Å². The predicted molar refractivity (Wildman–Crippen MR) is 122 cm³/mol. The van der Waals surface area contributed by atoms with E-state index in [4.69, 9.17) is 9.72 Å². The van der Waals surface area contributed by atoms with Gasteiger partial charge in [-0.3, -0.25) is 14.2 Å². The SMILES string of the molecule is COCC(C)NC(=O)CSc1nc2ccccc2c(=O)n1-c1ccccc1C(C)C. The van der Waals surface area contributed by atoms with Crippen LogP contribution in [0.3, 0.4) is 0 Å². The van der Waals surface area contributed by atoms with Crippen LogP contribution in [0.1, 0.15) is 32.3 Å². The molecule has 1 aromatic heterocycles. The van der Waals surface area contributed by atoms with Crippen LogP contribution >= 0.6 is 11.8 Å². The van der Waals surface area contributed by atoms with Crippen LogP contribution in [0.4, 0.5) is 0 Å². The quantitative estimate of drug-likeness (QED) is 0.440. The molecule has 2 aromatic carbocycles. The lowest BCUT2D eigenvalue weighted by atomic mass is 10.0. The molecule has 1 unspecified atom stereocenters. The number of hydrogen-bond donors (Lipinski definition) is 1. The lowest BCUT2D eigenvalue weighted by molar-refractivity contribution is -0.119. The minimum absolute atomic E-state index is 0.0866. The number of methoxy groups -OCH3 is 1. The van der Waals surface area contributed by atoms with E-state index in [1.54, 1.807) is 17.7 Å². The molecule has 0 fully saturated rings. The number of carbonyl (C=O) groups excluding carboxylic acids is 1. The van der Waals surface area contributed by atoms with Crippen molar-refractivity contribution < 1.29 is 9.53 Å². The van der Waals surface area contributed by atoms with E-state index in [1.165, 1.54) is 11.8 Å². The molecule has 1 atom stereocenters. The number of aromatic nitrogens is 2. The molecule has 0 radical (unpaired) electrons. The molecule has 3 aromatic rings. The molecule has 3 rings (SSSR count). The zero-order chi connectivity index (χ0) is 21.7. The number of hydrogen-bond acceptors (Lipinski definition) is 5. The molecular formula is C23H27N3O3S. The van der Waals surface area contributed by atoms with Crippen LogP contribution < -0.4 is 10.9 Å². The van der Waals surface area contributed by atoms with E-state index in [1.807, 2.05) is 49.4 Å². The van der Waals surface area contributed by atoms with Crippen molar-refractivity contribution in [2.45, 2.75) is 37.9 Å². The topological polar surface area (TPSA) is 73.2 Å². The van der Waals surface area contributed by atoms with Crippen molar-refractivity contribution in [1.82, 2.24) is 14.9 Å². The van der Waals surface area contributed by atoms with Gasteiger partial charge in [0.25, 0.3) is 5.56 Å². The van der Waals surface area contributed by atoms with Crippen LogP contribution in [-0.4, -0.2) is 41.0 Å². The molecule has 6 nitrogen and oxygen atoms in total. The zero-order valence-electron chi connectivity index (χ0n) is 17.7. The Hall–Kier alpha value is -2.64. The minimum Gasteiger partial charge on any atom is -0.383 e. The Balaban J connectivity index is 2.04. The molecule has 7 heteroatoms. The molecule has 0 bridgehead atoms. The number of benzene rings is 2. The van der Waals surface area contributed by atoms with Gasteiger partial charge in [-0.1, -0.05) is 55.9 Å². The maximum atomic E-state index is 13.4. The normalized spacial score (nSPS) is 12.3. The third-order valence-corrected chi connectivity index (χ3v) is 5.64. The molecule has 0 spiro atoms. The third kappa shape index (κ3) is 4.91. The summed E-state index contributed by atoms with van der Waals surface area (Å²) in [6.07, 6.45) is 0.